The zero-order valence-electron chi connectivity index (χ0n) is 11.5. The second kappa shape index (κ2) is 5.90. The lowest BCUT2D eigenvalue weighted by Crippen LogP contribution is -2.32. The molecule has 0 aliphatic heterocycles. The van der Waals surface area contributed by atoms with Crippen LogP contribution in [0.4, 0.5) is 11.4 Å². The van der Waals surface area contributed by atoms with Crippen LogP contribution in [0.1, 0.15) is 31.2 Å². The highest BCUT2D eigenvalue weighted by molar-refractivity contribution is 5.76. The Kier molecular flexibility index (Phi) is 4.22. The number of nitro benzene ring substituents is 1. The van der Waals surface area contributed by atoms with E-state index in [9.17, 15) is 14.9 Å². The van der Waals surface area contributed by atoms with Crippen molar-refractivity contribution in [2.75, 3.05) is 5.32 Å². The van der Waals surface area contributed by atoms with Gasteiger partial charge in [0.1, 0.15) is 0 Å². The van der Waals surface area contributed by atoms with Crippen molar-refractivity contribution >= 4 is 17.3 Å². The number of carbonyl (C=O) groups is 1. The predicted octanol–water partition coefficient (Wildman–Crippen LogP) is 2.36. The van der Waals surface area contributed by atoms with E-state index in [0.717, 1.165) is 31.4 Å². The second-order valence-electron chi connectivity index (χ2n) is 5.35. The molecule has 1 aliphatic rings. The van der Waals surface area contributed by atoms with E-state index in [1.807, 2.05) is 6.07 Å². The molecule has 1 fully saturated rings. The summed E-state index contributed by atoms with van der Waals surface area (Å²) in [5.41, 5.74) is 6.83. The van der Waals surface area contributed by atoms with Gasteiger partial charge in [-0.1, -0.05) is 6.07 Å². The number of benzene rings is 1. The minimum Gasteiger partial charge on any atom is -0.382 e. The van der Waals surface area contributed by atoms with Gasteiger partial charge in [0.05, 0.1) is 4.92 Å². The van der Waals surface area contributed by atoms with Gasteiger partial charge in [0.25, 0.3) is 5.69 Å². The second-order valence-corrected chi connectivity index (χ2v) is 5.35. The van der Waals surface area contributed by atoms with Gasteiger partial charge in [-0.15, -0.1) is 0 Å². The third kappa shape index (κ3) is 3.26. The number of hydrogen-bond donors (Lipinski definition) is 2. The molecule has 1 aromatic carbocycles. The van der Waals surface area contributed by atoms with Crippen LogP contribution in [0.15, 0.2) is 18.2 Å². The van der Waals surface area contributed by atoms with Crippen molar-refractivity contribution in [1.29, 1.82) is 0 Å². The Bertz CT molecular complexity index is 522. The Balaban J connectivity index is 1.99. The Morgan fingerprint density at radius 3 is 2.55 bits per heavy atom. The third-order valence-electron chi connectivity index (χ3n) is 3.91. The van der Waals surface area contributed by atoms with E-state index in [1.165, 1.54) is 0 Å². The van der Waals surface area contributed by atoms with Crippen molar-refractivity contribution in [2.45, 2.75) is 38.6 Å². The van der Waals surface area contributed by atoms with E-state index < -0.39 is 0 Å². The van der Waals surface area contributed by atoms with E-state index in [2.05, 4.69) is 5.32 Å². The van der Waals surface area contributed by atoms with E-state index in [0.29, 0.717) is 5.56 Å². The molecule has 1 amide bonds. The van der Waals surface area contributed by atoms with Crippen LogP contribution in [-0.2, 0) is 4.79 Å². The molecule has 3 N–H and O–H groups in total. The first-order chi connectivity index (χ1) is 9.47. The van der Waals surface area contributed by atoms with E-state index >= 15 is 0 Å². The van der Waals surface area contributed by atoms with Crippen LogP contribution < -0.4 is 11.1 Å². The average molecular weight is 277 g/mol. The first-order valence-electron chi connectivity index (χ1n) is 6.78. The zero-order chi connectivity index (χ0) is 14.7. The van der Waals surface area contributed by atoms with Gasteiger partial charge >= 0.3 is 0 Å². The predicted molar refractivity (Wildman–Crippen MR) is 76.4 cm³/mol. The molecular weight excluding hydrogens is 258 g/mol. The number of rotatable bonds is 4. The van der Waals surface area contributed by atoms with Gasteiger partial charge in [0, 0.05) is 29.3 Å². The molecule has 0 spiro atoms. The Morgan fingerprint density at radius 2 is 2.00 bits per heavy atom. The molecule has 2 rings (SSSR count). The van der Waals surface area contributed by atoms with Crippen molar-refractivity contribution in [1.82, 2.24) is 0 Å². The summed E-state index contributed by atoms with van der Waals surface area (Å²) in [6, 6.07) is 5.40. The lowest BCUT2D eigenvalue weighted by Gasteiger charge is -2.28. The molecule has 0 unspecified atom stereocenters. The Labute approximate surface area is 117 Å². The molecule has 0 bridgehead atoms. The number of nitrogens with zero attached hydrogens (tertiary/aromatic N) is 1. The van der Waals surface area contributed by atoms with Gasteiger partial charge < -0.3 is 11.1 Å². The maximum Gasteiger partial charge on any atom is 0.274 e. The molecule has 1 aromatic rings. The quantitative estimate of drug-likeness (QED) is 0.652. The standard InChI is InChI=1S/C14H19N3O3/c1-9-2-5-12(8-13(9)17(19)20)16-11-6-3-10(4-7-11)14(15)18/h2,5,8,10-11,16H,3-4,6-7H2,1H3,(H2,15,18). The number of primary amides is 1. The Hall–Kier alpha value is -2.11. The molecule has 0 atom stereocenters. The van der Waals surface area contributed by atoms with Crippen molar-refractivity contribution < 1.29 is 9.72 Å². The minimum absolute atomic E-state index is 0.0274. The summed E-state index contributed by atoms with van der Waals surface area (Å²) in [7, 11) is 0. The molecule has 108 valence electrons. The number of carbonyl (C=O) groups excluding carboxylic acids is 1. The maximum absolute atomic E-state index is 11.1. The number of nitrogens with one attached hydrogen (secondary N) is 1. The number of nitrogens with two attached hydrogens (primary N) is 1. The molecule has 0 radical (unpaired) electrons. The van der Waals surface area contributed by atoms with E-state index in [-0.39, 0.29) is 28.5 Å². The van der Waals surface area contributed by atoms with Gasteiger partial charge in [0.15, 0.2) is 0 Å². The fourth-order valence-electron chi connectivity index (χ4n) is 2.65. The van der Waals surface area contributed by atoms with Crippen molar-refractivity contribution in [3.63, 3.8) is 0 Å². The summed E-state index contributed by atoms with van der Waals surface area (Å²) in [5.74, 6) is -0.255. The Morgan fingerprint density at radius 1 is 1.35 bits per heavy atom. The number of aryl methyl sites for hydroxylation is 1. The van der Waals surface area contributed by atoms with Crippen LogP contribution >= 0.6 is 0 Å². The van der Waals surface area contributed by atoms with Crippen LogP contribution in [0, 0.1) is 23.0 Å². The van der Waals surface area contributed by atoms with Gasteiger partial charge in [-0.3, -0.25) is 14.9 Å². The fourth-order valence-corrected chi connectivity index (χ4v) is 2.65. The summed E-state index contributed by atoms with van der Waals surface area (Å²) >= 11 is 0. The first kappa shape index (κ1) is 14.3. The molecular formula is C14H19N3O3. The van der Waals surface area contributed by atoms with Crippen LogP contribution in [-0.4, -0.2) is 16.9 Å². The van der Waals surface area contributed by atoms with Gasteiger partial charge in [-0.05, 0) is 38.7 Å². The molecule has 6 nitrogen and oxygen atoms in total. The normalized spacial score (nSPS) is 22.2. The van der Waals surface area contributed by atoms with E-state index in [4.69, 9.17) is 5.73 Å². The molecule has 0 heterocycles. The van der Waals surface area contributed by atoms with Gasteiger partial charge in [0.2, 0.25) is 5.91 Å². The highest BCUT2D eigenvalue weighted by Crippen LogP contribution is 2.28. The average Bonchev–Trinajstić information content (AvgIpc) is 2.41. The number of nitro groups is 1. The summed E-state index contributed by atoms with van der Waals surface area (Å²) in [4.78, 5) is 21.6. The minimum atomic E-state index is -0.371. The SMILES string of the molecule is Cc1ccc(NC2CCC(C(N)=O)CC2)cc1[N+](=O)[O-]. The topological polar surface area (TPSA) is 98.3 Å². The van der Waals surface area contributed by atoms with Crippen molar-refractivity contribution in [3.05, 3.63) is 33.9 Å². The number of amides is 1. The molecule has 6 heteroatoms. The molecule has 1 aliphatic carbocycles. The smallest absolute Gasteiger partial charge is 0.274 e. The van der Waals surface area contributed by atoms with E-state index in [1.54, 1.807) is 19.1 Å². The molecule has 20 heavy (non-hydrogen) atoms. The first-order valence-corrected chi connectivity index (χ1v) is 6.78. The maximum atomic E-state index is 11.1. The fraction of sp³-hybridized carbons (Fsp3) is 0.500. The molecule has 0 aromatic heterocycles. The van der Waals surface area contributed by atoms with Crippen LogP contribution in [0.2, 0.25) is 0 Å². The lowest BCUT2D eigenvalue weighted by molar-refractivity contribution is -0.385. The highest BCUT2D eigenvalue weighted by Gasteiger charge is 2.24. The third-order valence-corrected chi connectivity index (χ3v) is 3.91. The molecule has 0 saturated heterocycles. The molecule has 1 saturated carbocycles. The van der Waals surface area contributed by atoms with Crippen molar-refractivity contribution in [2.24, 2.45) is 11.7 Å². The highest BCUT2D eigenvalue weighted by atomic mass is 16.6. The van der Waals surface area contributed by atoms with Crippen LogP contribution in [0.5, 0.6) is 0 Å². The largest absolute Gasteiger partial charge is 0.382 e. The summed E-state index contributed by atoms with van der Waals surface area (Å²) in [6.07, 6.45) is 3.27. The lowest BCUT2D eigenvalue weighted by atomic mass is 9.85. The monoisotopic (exact) mass is 277 g/mol. The van der Waals surface area contributed by atoms with Gasteiger partial charge in [-0.2, -0.15) is 0 Å². The summed E-state index contributed by atoms with van der Waals surface area (Å²) < 4.78 is 0. The van der Waals surface area contributed by atoms with Crippen molar-refractivity contribution in [3.8, 4) is 0 Å². The zero-order valence-corrected chi connectivity index (χ0v) is 11.5. The van der Waals surface area contributed by atoms with Gasteiger partial charge in [-0.25, -0.2) is 0 Å². The van der Waals surface area contributed by atoms with Crippen LogP contribution in [0.25, 0.3) is 0 Å². The summed E-state index contributed by atoms with van der Waals surface area (Å²) in [6.45, 7) is 1.72. The number of hydrogen-bond acceptors (Lipinski definition) is 4. The number of anilines is 1. The summed E-state index contributed by atoms with van der Waals surface area (Å²) in [5, 5.41) is 14.2. The van der Waals surface area contributed by atoms with Crippen LogP contribution in [0.3, 0.4) is 0 Å².